The predicted molar refractivity (Wildman–Crippen MR) is 69.9 cm³/mol. The van der Waals surface area contributed by atoms with Crippen LogP contribution in [0.1, 0.15) is 36.5 Å². The molecule has 0 aliphatic carbocycles. The maximum Gasteiger partial charge on any atom is 0.319 e. The first-order chi connectivity index (χ1) is 9.08. The third kappa shape index (κ3) is 3.38. The number of aryl methyl sites for hydroxylation is 1. The summed E-state index contributed by atoms with van der Waals surface area (Å²) in [7, 11) is 0. The minimum atomic E-state index is -2.55. The summed E-state index contributed by atoms with van der Waals surface area (Å²) in [6.07, 6.45) is 2.68. The van der Waals surface area contributed by atoms with Crippen molar-refractivity contribution in [3.8, 4) is 0 Å². The average molecular weight is 265 g/mol. The van der Waals surface area contributed by atoms with Gasteiger partial charge in [-0.1, -0.05) is 29.8 Å². The van der Waals surface area contributed by atoms with Crippen molar-refractivity contribution in [2.75, 3.05) is 0 Å². The Hall–Kier alpha value is -1.75. The molecule has 0 saturated carbocycles. The van der Waals surface area contributed by atoms with E-state index in [2.05, 4.69) is 10.3 Å². The van der Waals surface area contributed by atoms with Crippen LogP contribution in [0.2, 0.25) is 0 Å². The molecule has 5 heteroatoms. The summed E-state index contributed by atoms with van der Waals surface area (Å²) in [5, 5.41) is 3.20. The summed E-state index contributed by atoms with van der Waals surface area (Å²) < 4.78 is 26.2. The van der Waals surface area contributed by atoms with E-state index in [0.717, 1.165) is 10.1 Å². The molecule has 0 bridgehead atoms. The Balaban J connectivity index is 1.98. The molecule has 1 atom stereocenters. The van der Waals surface area contributed by atoms with Crippen LogP contribution in [0.25, 0.3) is 0 Å². The van der Waals surface area contributed by atoms with E-state index >= 15 is 0 Å². The second-order valence-electron chi connectivity index (χ2n) is 4.54. The van der Waals surface area contributed by atoms with Gasteiger partial charge < -0.3 is 5.32 Å². The minimum Gasteiger partial charge on any atom is -0.303 e. The summed E-state index contributed by atoms with van der Waals surface area (Å²) in [6.45, 7) is 1.79. The molecular formula is C14H17F2N3. The molecule has 0 radical (unpaired) electrons. The zero-order valence-corrected chi connectivity index (χ0v) is 11.0. The van der Waals surface area contributed by atoms with Gasteiger partial charge in [-0.25, -0.2) is 4.98 Å². The van der Waals surface area contributed by atoms with Gasteiger partial charge in [0.2, 0.25) is 0 Å². The van der Waals surface area contributed by atoms with Crippen molar-refractivity contribution in [2.45, 2.75) is 33.0 Å². The lowest BCUT2D eigenvalue weighted by Crippen LogP contribution is -2.20. The van der Waals surface area contributed by atoms with Crippen LogP contribution in [-0.4, -0.2) is 9.55 Å². The number of benzene rings is 1. The zero-order valence-electron chi connectivity index (χ0n) is 11.0. The van der Waals surface area contributed by atoms with Gasteiger partial charge in [-0.05, 0) is 19.4 Å². The maximum atomic E-state index is 12.6. The first-order valence-corrected chi connectivity index (χ1v) is 6.17. The van der Waals surface area contributed by atoms with Crippen molar-refractivity contribution in [1.82, 2.24) is 14.9 Å². The Morgan fingerprint density at radius 1 is 1.26 bits per heavy atom. The molecule has 1 N–H and O–H groups in total. The molecular weight excluding hydrogens is 248 g/mol. The number of nitrogens with zero attached hydrogens (tertiary/aromatic N) is 2. The summed E-state index contributed by atoms with van der Waals surface area (Å²) in [5.41, 5.74) is 2.32. The Bertz CT molecular complexity index is 520. The van der Waals surface area contributed by atoms with Crippen molar-refractivity contribution in [1.29, 1.82) is 0 Å². The molecule has 19 heavy (non-hydrogen) atoms. The number of hydrogen-bond acceptors (Lipinski definition) is 2. The summed E-state index contributed by atoms with van der Waals surface area (Å²) in [5.74, 6) is 0.342. The quantitative estimate of drug-likeness (QED) is 0.897. The molecule has 102 valence electrons. The van der Waals surface area contributed by atoms with E-state index in [1.807, 2.05) is 38.1 Å². The lowest BCUT2D eigenvalue weighted by Gasteiger charge is -2.15. The molecule has 0 fully saturated rings. The largest absolute Gasteiger partial charge is 0.319 e. The third-order valence-electron chi connectivity index (χ3n) is 3.10. The predicted octanol–water partition coefficient (Wildman–Crippen LogP) is 3.44. The second kappa shape index (κ2) is 5.93. The van der Waals surface area contributed by atoms with Crippen LogP contribution >= 0.6 is 0 Å². The van der Waals surface area contributed by atoms with Gasteiger partial charge in [0, 0.05) is 18.4 Å². The van der Waals surface area contributed by atoms with Crippen LogP contribution < -0.4 is 5.32 Å². The highest BCUT2D eigenvalue weighted by atomic mass is 19.3. The number of alkyl halides is 2. The van der Waals surface area contributed by atoms with Crippen LogP contribution in [-0.2, 0) is 6.54 Å². The van der Waals surface area contributed by atoms with Crippen molar-refractivity contribution in [2.24, 2.45) is 0 Å². The van der Waals surface area contributed by atoms with E-state index in [0.29, 0.717) is 12.4 Å². The Morgan fingerprint density at radius 2 is 1.95 bits per heavy atom. The number of aromatic nitrogens is 2. The topological polar surface area (TPSA) is 29.9 Å². The molecule has 0 aliphatic heterocycles. The van der Waals surface area contributed by atoms with Gasteiger partial charge in [0.1, 0.15) is 5.82 Å². The smallest absolute Gasteiger partial charge is 0.303 e. The van der Waals surface area contributed by atoms with Crippen molar-refractivity contribution < 1.29 is 8.78 Å². The van der Waals surface area contributed by atoms with Crippen LogP contribution in [0.3, 0.4) is 0 Å². The molecule has 0 aliphatic rings. The molecule has 0 saturated heterocycles. The second-order valence-corrected chi connectivity index (χ2v) is 4.54. The van der Waals surface area contributed by atoms with Gasteiger partial charge in [-0.3, -0.25) is 4.57 Å². The molecule has 2 rings (SSSR count). The first-order valence-electron chi connectivity index (χ1n) is 6.17. The van der Waals surface area contributed by atoms with Crippen LogP contribution in [0.15, 0.2) is 36.7 Å². The summed E-state index contributed by atoms with van der Waals surface area (Å²) in [4.78, 5) is 3.94. The highest BCUT2D eigenvalue weighted by Crippen LogP contribution is 2.15. The Morgan fingerprint density at radius 3 is 2.58 bits per heavy atom. The molecule has 0 spiro atoms. The van der Waals surface area contributed by atoms with E-state index in [-0.39, 0.29) is 6.04 Å². The standard InChI is InChI=1S/C14H17F2N3/c1-10-3-5-12(6-4-10)11(2)18-9-13-17-7-8-19(13)14(15)16/h3-8,11,14,18H,9H2,1-2H3/t11-/m1/s1. The van der Waals surface area contributed by atoms with Gasteiger partial charge in [0.15, 0.2) is 0 Å². The van der Waals surface area contributed by atoms with Gasteiger partial charge >= 0.3 is 6.55 Å². The number of hydrogen-bond donors (Lipinski definition) is 1. The monoisotopic (exact) mass is 265 g/mol. The average Bonchev–Trinajstić information content (AvgIpc) is 2.85. The van der Waals surface area contributed by atoms with E-state index in [1.165, 1.54) is 18.0 Å². The van der Waals surface area contributed by atoms with E-state index < -0.39 is 6.55 Å². The fourth-order valence-corrected chi connectivity index (χ4v) is 1.88. The summed E-state index contributed by atoms with van der Waals surface area (Å²) in [6, 6.07) is 8.23. The van der Waals surface area contributed by atoms with Crippen LogP contribution in [0.5, 0.6) is 0 Å². The van der Waals surface area contributed by atoms with E-state index in [4.69, 9.17) is 0 Å². The van der Waals surface area contributed by atoms with E-state index in [9.17, 15) is 8.78 Å². The molecule has 1 aromatic heterocycles. The highest BCUT2D eigenvalue weighted by Gasteiger charge is 2.12. The van der Waals surface area contributed by atoms with Crippen molar-refractivity contribution >= 4 is 0 Å². The van der Waals surface area contributed by atoms with Gasteiger partial charge in [-0.15, -0.1) is 0 Å². The molecule has 1 aromatic carbocycles. The van der Waals surface area contributed by atoms with Crippen LogP contribution in [0.4, 0.5) is 8.78 Å². The molecule has 0 unspecified atom stereocenters. The Labute approximate surface area is 111 Å². The molecule has 2 aromatic rings. The summed E-state index contributed by atoms with van der Waals surface area (Å²) >= 11 is 0. The SMILES string of the molecule is Cc1ccc([C@@H](C)NCc2nccn2C(F)F)cc1. The minimum absolute atomic E-state index is 0.0865. The first kappa shape index (κ1) is 13.7. The van der Waals surface area contributed by atoms with Crippen LogP contribution in [0, 0.1) is 6.92 Å². The number of halogens is 2. The fraction of sp³-hybridized carbons (Fsp3) is 0.357. The number of imidazole rings is 1. The Kier molecular flexibility index (Phi) is 4.27. The highest BCUT2D eigenvalue weighted by molar-refractivity contribution is 5.23. The van der Waals surface area contributed by atoms with Crippen molar-refractivity contribution in [3.05, 3.63) is 53.6 Å². The fourth-order valence-electron chi connectivity index (χ4n) is 1.88. The zero-order chi connectivity index (χ0) is 13.8. The van der Waals surface area contributed by atoms with Gasteiger partial charge in [0.05, 0.1) is 6.54 Å². The number of rotatable bonds is 5. The lowest BCUT2D eigenvalue weighted by molar-refractivity contribution is 0.0665. The lowest BCUT2D eigenvalue weighted by atomic mass is 10.1. The maximum absolute atomic E-state index is 12.6. The van der Waals surface area contributed by atoms with Gasteiger partial charge in [-0.2, -0.15) is 8.78 Å². The normalized spacial score (nSPS) is 12.9. The van der Waals surface area contributed by atoms with Crippen molar-refractivity contribution in [3.63, 3.8) is 0 Å². The third-order valence-corrected chi connectivity index (χ3v) is 3.10. The van der Waals surface area contributed by atoms with E-state index in [1.54, 1.807) is 0 Å². The number of nitrogens with one attached hydrogen (secondary N) is 1. The van der Waals surface area contributed by atoms with Gasteiger partial charge in [0.25, 0.3) is 0 Å². The molecule has 1 heterocycles. The molecule has 3 nitrogen and oxygen atoms in total. The molecule has 0 amide bonds.